The van der Waals surface area contributed by atoms with E-state index in [9.17, 15) is 9.59 Å². The molecular weight excluding hydrogens is 266 g/mol. The molecule has 1 amide bonds. The van der Waals surface area contributed by atoms with Gasteiger partial charge < -0.3 is 15.2 Å². The molecular formula is C13H23NO4S. The number of thioether (sulfide) groups is 1. The molecule has 110 valence electrons. The van der Waals surface area contributed by atoms with Crippen LogP contribution in [-0.2, 0) is 9.53 Å². The van der Waals surface area contributed by atoms with E-state index < -0.39 is 17.7 Å². The molecule has 1 unspecified atom stereocenters. The molecule has 1 rings (SSSR count). The third-order valence-corrected chi connectivity index (χ3v) is 3.98. The molecule has 0 bridgehead atoms. The summed E-state index contributed by atoms with van der Waals surface area (Å²) in [7, 11) is 0. The zero-order chi connectivity index (χ0) is 14.5. The lowest BCUT2D eigenvalue weighted by Gasteiger charge is -2.30. The maximum absolute atomic E-state index is 11.8. The quantitative estimate of drug-likeness (QED) is 0.831. The Bertz CT molecular complexity index is 321. The van der Waals surface area contributed by atoms with Gasteiger partial charge in [-0.05, 0) is 51.0 Å². The summed E-state index contributed by atoms with van der Waals surface area (Å²) in [6.07, 6.45) is 1.31. The van der Waals surface area contributed by atoms with E-state index in [1.807, 2.05) is 11.8 Å². The number of hydrogen-bond acceptors (Lipinski definition) is 4. The van der Waals surface area contributed by atoms with Gasteiger partial charge in [0.15, 0.2) is 0 Å². The molecule has 19 heavy (non-hydrogen) atoms. The van der Waals surface area contributed by atoms with Gasteiger partial charge >= 0.3 is 12.1 Å². The minimum atomic E-state index is -0.890. The molecule has 1 aliphatic rings. The molecule has 0 aromatic rings. The van der Waals surface area contributed by atoms with Crippen LogP contribution in [0.3, 0.4) is 0 Å². The van der Waals surface area contributed by atoms with Gasteiger partial charge in [0, 0.05) is 6.04 Å². The second-order valence-electron chi connectivity index (χ2n) is 5.80. The SMILES string of the molecule is CC(C)(C)OC(=O)NC(CC(=O)O)C1CCSCC1. The molecule has 0 radical (unpaired) electrons. The predicted octanol–water partition coefficient (Wildman–Crippen LogP) is 2.50. The molecule has 0 aromatic carbocycles. The van der Waals surface area contributed by atoms with Crippen molar-refractivity contribution >= 4 is 23.8 Å². The van der Waals surface area contributed by atoms with Gasteiger partial charge in [0.25, 0.3) is 0 Å². The van der Waals surface area contributed by atoms with Crippen LogP contribution >= 0.6 is 11.8 Å². The Balaban J connectivity index is 2.58. The first kappa shape index (κ1) is 16.1. The van der Waals surface area contributed by atoms with Crippen LogP contribution in [0.5, 0.6) is 0 Å². The second kappa shape index (κ2) is 7.03. The van der Waals surface area contributed by atoms with Crippen molar-refractivity contribution in [3.63, 3.8) is 0 Å². The van der Waals surface area contributed by atoms with Crippen molar-refractivity contribution in [2.24, 2.45) is 5.92 Å². The number of ether oxygens (including phenoxy) is 1. The highest BCUT2D eigenvalue weighted by Crippen LogP contribution is 2.27. The molecule has 1 saturated heterocycles. The molecule has 1 atom stereocenters. The maximum Gasteiger partial charge on any atom is 0.407 e. The van der Waals surface area contributed by atoms with Crippen molar-refractivity contribution in [3.05, 3.63) is 0 Å². The largest absolute Gasteiger partial charge is 0.481 e. The highest BCUT2D eigenvalue weighted by atomic mass is 32.2. The lowest BCUT2D eigenvalue weighted by molar-refractivity contribution is -0.137. The van der Waals surface area contributed by atoms with E-state index in [0.717, 1.165) is 24.3 Å². The molecule has 6 heteroatoms. The van der Waals surface area contributed by atoms with Crippen molar-refractivity contribution in [2.45, 2.75) is 51.7 Å². The highest BCUT2D eigenvalue weighted by molar-refractivity contribution is 7.99. The number of carboxylic acids is 1. The van der Waals surface area contributed by atoms with Gasteiger partial charge in [0.1, 0.15) is 5.60 Å². The van der Waals surface area contributed by atoms with Gasteiger partial charge in [-0.25, -0.2) is 4.79 Å². The lowest BCUT2D eigenvalue weighted by atomic mass is 9.91. The Morgan fingerprint density at radius 1 is 1.37 bits per heavy atom. The number of rotatable bonds is 4. The van der Waals surface area contributed by atoms with Crippen LogP contribution in [0.25, 0.3) is 0 Å². The number of alkyl carbamates (subject to hydrolysis) is 1. The number of carboxylic acid groups (broad SMARTS) is 1. The summed E-state index contributed by atoms with van der Waals surface area (Å²) < 4.78 is 5.19. The molecule has 0 aliphatic carbocycles. The predicted molar refractivity (Wildman–Crippen MR) is 75.5 cm³/mol. The standard InChI is InChI=1S/C13H23NO4S/c1-13(2,3)18-12(17)14-10(8-11(15)16)9-4-6-19-7-5-9/h9-10H,4-8H2,1-3H3,(H,14,17)(H,15,16). The van der Waals surface area contributed by atoms with E-state index in [0.29, 0.717) is 0 Å². The molecule has 2 N–H and O–H groups in total. The number of amides is 1. The van der Waals surface area contributed by atoms with Crippen LogP contribution in [0.15, 0.2) is 0 Å². The van der Waals surface area contributed by atoms with E-state index in [2.05, 4.69) is 5.32 Å². The number of aliphatic carboxylic acids is 1. The van der Waals surface area contributed by atoms with E-state index in [1.54, 1.807) is 20.8 Å². The van der Waals surface area contributed by atoms with Gasteiger partial charge in [-0.1, -0.05) is 0 Å². The zero-order valence-corrected chi connectivity index (χ0v) is 12.6. The summed E-state index contributed by atoms with van der Waals surface area (Å²) in [4.78, 5) is 22.7. The molecule has 5 nitrogen and oxygen atoms in total. The van der Waals surface area contributed by atoms with Crippen molar-refractivity contribution in [1.82, 2.24) is 5.32 Å². The fourth-order valence-corrected chi connectivity index (χ4v) is 3.24. The van der Waals surface area contributed by atoms with Crippen molar-refractivity contribution < 1.29 is 19.4 Å². The van der Waals surface area contributed by atoms with Gasteiger partial charge in [-0.15, -0.1) is 0 Å². The first-order chi connectivity index (χ1) is 8.78. The van der Waals surface area contributed by atoms with Crippen LogP contribution in [0.2, 0.25) is 0 Å². The van der Waals surface area contributed by atoms with Crippen LogP contribution in [0, 0.1) is 5.92 Å². The fourth-order valence-electron chi connectivity index (χ4n) is 2.10. The first-order valence-corrected chi connectivity index (χ1v) is 7.72. The Morgan fingerprint density at radius 2 is 1.95 bits per heavy atom. The molecule has 0 aromatic heterocycles. The smallest absolute Gasteiger partial charge is 0.407 e. The molecule has 1 heterocycles. The summed E-state index contributed by atoms with van der Waals surface area (Å²) in [5.74, 6) is 1.39. The average molecular weight is 289 g/mol. The summed E-state index contributed by atoms with van der Waals surface area (Å²) in [5, 5.41) is 11.7. The van der Waals surface area contributed by atoms with Crippen LogP contribution in [-0.4, -0.2) is 40.3 Å². The Kier molecular flexibility index (Phi) is 5.97. The van der Waals surface area contributed by atoms with Crippen LogP contribution < -0.4 is 5.32 Å². The second-order valence-corrected chi connectivity index (χ2v) is 7.03. The van der Waals surface area contributed by atoms with Gasteiger partial charge in [0.05, 0.1) is 6.42 Å². The van der Waals surface area contributed by atoms with Crippen molar-refractivity contribution in [3.8, 4) is 0 Å². The number of nitrogens with one attached hydrogen (secondary N) is 1. The summed E-state index contributed by atoms with van der Waals surface area (Å²) >= 11 is 1.87. The molecule has 1 aliphatic heterocycles. The monoisotopic (exact) mass is 289 g/mol. The van der Waals surface area contributed by atoms with Crippen molar-refractivity contribution in [2.75, 3.05) is 11.5 Å². The molecule has 0 spiro atoms. The summed E-state index contributed by atoms with van der Waals surface area (Å²) in [5.41, 5.74) is -0.569. The first-order valence-electron chi connectivity index (χ1n) is 6.57. The number of carbonyl (C=O) groups excluding carboxylic acids is 1. The Morgan fingerprint density at radius 3 is 2.42 bits per heavy atom. The highest BCUT2D eigenvalue weighted by Gasteiger charge is 2.28. The summed E-state index contributed by atoms with van der Waals surface area (Å²) in [6, 6.07) is -0.340. The third kappa shape index (κ3) is 6.71. The molecule has 1 fully saturated rings. The number of carbonyl (C=O) groups is 2. The summed E-state index contributed by atoms with van der Waals surface area (Å²) in [6.45, 7) is 5.36. The average Bonchev–Trinajstić information content (AvgIpc) is 2.26. The fraction of sp³-hybridized carbons (Fsp3) is 0.846. The topological polar surface area (TPSA) is 75.6 Å². The maximum atomic E-state index is 11.8. The Labute approximate surface area is 118 Å². The van der Waals surface area contributed by atoms with Gasteiger partial charge in [-0.3, -0.25) is 4.79 Å². The minimum absolute atomic E-state index is 0.0470. The van der Waals surface area contributed by atoms with Crippen LogP contribution in [0.1, 0.15) is 40.0 Å². The Hall–Kier alpha value is -0.910. The normalized spacial score (nSPS) is 18.7. The van der Waals surface area contributed by atoms with Gasteiger partial charge in [0.2, 0.25) is 0 Å². The van der Waals surface area contributed by atoms with E-state index >= 15 is 0 Å². The van der Waals surface area contributed by atoms with E-state index in [4.69, 9.17) is 9.84 Å². The van der Waals surface area contributed by atoms with Crippen molar-refractivity contribution in [1.29, 1.82) is 0 Å². The zero-order valence-electron chi connectivity index (χ0n) is 11.8. The number of hydrogen-bond donors (Lipinski definition) is 2. The van der Waals surface area contributed by atoms with E-state index in [1.165, 1.54) is 0 Å². The van der Waals surface area contributed by atoms with Gasteiger partial charge in [-0.2, -0.15) is 11.8 Å². The molecule has 0 saturated carbocycles. The minimum Gasteiger partial charge on any atom is -0.481 e. The van der Waals surface area contributed by atoms with E-state index in [-0.39, 0.29) is 18.4 Å². The lowest BCUT2D eigenvalue weighted by Crippen LogP contribution is -2.45. The van der Waals surface area contributed by atoms with Crippen LogP contribution in [0.4, 0.5) is 4.79 Å². The third-order valence-electron chi connectivity index (χ3n) is 2.93.